The van der Waals surface area contributed by atoms with Gasteiger partial charge in [-0.15, -0.1) is 0 Å². The first-order chi connectivity index (χ1) is 6.93. The second-order valence-corrected chi connectivity index (χ2v) is 5.20. The van der Waals surface area contributed by atoms with E-state index in [0.717, 1.165) is 13.1 Å². The number of nitrogens with zero attached hydrogens (tertiary/aromatic N) is 2. The molecule has 1 heterocycles. The quantitative estimate of drug-likeness (QED) is 0.691. The molecule has 1 fully saturated rings. The predicted molar refractivity (Wildman–Crippen MR) is 62.7 cm³/mol. The molecule has 0 aromatic carbocycles. The van der Waals surface area contributed by atoms with Crippen molar-refractivity contribution >= 4 is 5.91 Å². The maximum Gasteiger partial charge on any atom is 0.225 e. The van der Waals surface area contributed by atoms with Gasteiger partial charge in [0.1, 0.15) is 0 Å². The van der Waals surface area contributed by atoms with Crippen molar-refractivity contribution in [3.8, 4) is 0 Å². The fourth-order valence-electron chi connectivity index (χ4n) is 2.28. The van der Waals surface area contributed by atoms with Gasteiger partial charge < -0.3 is 9.80 Å². The Kier molecular flexibility index (Phi) is 4.14. The minimum atomic E-state index is 0.106. The van der Waals surface area contributed by atoms with Crippen molar-refractivity contribution in [2.24, 2.45) is 11.8 Å². The normalized spacial score (nSPS) is 28.1. The van der Waals surface area contributed by atoms with Gasteiger partial charge in [0.25, 0.3) is 0 Å². The number of hydrogen-bond donors (Lipinski definition) is 0. The zero-order valence-corrected chi connectivity index (χ0v) is 10.7. The molecule has 2 unspecified atom stereocenters. The highest BCUT2D eigenvalue weighted by Gasteiger charge is 2.30. The second kappa shape index (κ2) is 4.97. The molecular formula is C12H24N2O. The standard InChI is InChI=1S/C12H24N2O/c1-9(2)12(15)14(5)11-8-13(4)7-6-10(11)3/h9-11H,6-8H2,1-5H3. The summed E-state index contributed by atoms with van der Waals surface area (Å²) in [6, 6.07) is 0.388. The third-order valence-corrected chi connectivity index (χ3v) is 3.46. The third kappa shape index (κ3) is 2.94. The van der Waals surface area contributed by atoms with Gasteiger partial charge in [0.15, 0.2) is 0 Å². The molecule has 0 bridgehead atoms. The summed E-state index contributed by atoms with van der Waals surface area (Å²) < 4.78 is 0. The van der Waals surface area contributed by atoms with Crippen molar-refractivity contribution in [2.45, 2.75) is 33.2 Å². The lowest BCUT2D eigenvalue weighted by Crippen LogP contribution is -2.52. The fourth-order valence-corrected chi connectivity index (χ4v) is 2.28. The van der Waals surface area contributed by atoms with Crippen LogP contribution in [0.1, 0.15) is 27.2 Å². The molecular weight excluding hydrogens is 188 g/mol. The first-order valence-corrected chi connectivity index (χ1v) is 5.88. The Labute approximate surface area is 93.4 Å². The second-order valence-electron chi connectivity index (χ2n) is 5.20. The van der Waals surface area contributed by atoms with Crippen molar-refractivity contribution in [3.05, 3.63) is 0 Å². The summed E-state index contributed by atoms with van der Waals surface area (Å²) in [5, 5.41) is 0. The average Bonchev–Trinajstić information content (AvgIpc) is 2.19. The third-order valence-electron chi connectivity index (χ3n) is 3.46. The molecule has 0 aromatic heterocycles. The Balaban J connectivity index is 2.64. The maximum absolute atomic E-state index is 11.9. The topological polar surface area (TPSA) is 23.6 Å². The van der Waals surface area contributed by atoms with E-state index in [1.165, 1.54) is 6.42 Å². The number of likely N-dealkylation sites (tertiary alicyclic amines) is 1. The van der Waals surface area contributed by atoms with E-state index < -0.39 is 0 Å². The van der Waals surface area contributed by atoms with Gasteiger partial charge in [-0.1, -0.05) is 20.8 Å². The SMILES string of the molecule is CC(C)C(=O)N(C)C1CN(C)CCC1C. The summed E-state index contributed by atoms with van der Waals surface area (Å²) >= 11 is 0. The van der Waals surface area contributed by atoms with Gasteiger partial charge in [-0.25, -0.2) is 0 Å². The predicted octanol–water partition coefficient (Wildman–Crippen LogP) is 1.44. The van der Waals surface area contributed by atoms with E-state index in [1.807, 2.05) is 25.8 Å². The Morgan fingerprint density at radius 3 is 2.60 bits per heavy atom. The summed E-state index contributed by atoms with van der Waals surface area (Å²) in [6.07, 6.45) is 1.19. The number of carbonyl (C=O) groups is 1. The summed E-state index contributed by atoms with van der Waals surface area (Å²) in [4.78, 5) is 16.2. The maximum atomic E-state index is 11.9. The molecule has 0 N–H and O–H groups in total. The molecule has 0 spiro atoms. The summed E-state index contributed by atoms with van der Waals surface area (Å²) in [6.45, 7) is 8.35. The van der Waals surface area contributed by atoms with Gasteiger partial charge in [0.2, 0.25) is 5.91 Å². The lowest BCUT2D eigenvalue weighted by molar-refractivity contribution is -0.137. The van der Waals surface area contributed by atoms with Gasteiger partial charge in [0, 0.05) is 25.6 Å². The lowest BCUT2D eigenvalue weighted by Gasteiger charge is -2.40. The van der Waals surface area contributed by atoms with Crippen LogP contribution in [-0.4, -0.2) is 48.9 Å². The summed E-state index contributed by atoms with van der Waals surface area (Å²) in [5.74, 6) is 0.991. The van der Waals surface area contributed by atoms with Crippen LogP contribution in [0.15, 0.2) is 0 Å². The van der Waals surface area contributed by atoms with Crippen molar-refractivity contribution in [3.63, 3.8) is 0 Å². The smallest absolute Gasteiger partial charge is 0.225 e. The van der Waals surface area contributed by atoms with E-state index in [4.69, 9.17) is 0 Å². The van der Waals surface area contributed by atoms with Crippen LogP contribution >= 0.6 is 0 Å². The molecule has 1 rings (SSSR count). The van der Waals surface area contributed by atoms with Gasteiger partial charge in [0.05, 0.1) is 0 Å². The van der Waals surface area contributed by atoms with Crippen LogP contribution in [-0.2, 0) is 4.79 Å². The molecule has 0 aliphatic carbocycles. The van der Waals surface area contributed by atoms with Crippen molar-refractivity contribution in [1.82, 2.24) is 9.80 Å². The highest BCUT2D eigenvalue weighted by atomic mass is 16.2. The minimum Gasteiger partial charge on any atom is -0.341 e. The number of carbonyl (C=O) groups excluding carboxylic acids is 1. The van der Waals surface area contributed by atoms with Crippen molar-refractivity contribution in [2.75, 3.05) is 27.2 Å². The van der Waals surface area contributed by atoms with E-state index in [9.17, 15) is 4.79 Å². The number of likely N-dealkylation sites (N-methyl/N-ethyl adjacent to an activating group) is 2. The van der Waals surface area contributed by atoms with E-state index in [1.54, 1.807) is 0 Å². The van der Waals surface area contributed by atoms with Crippen LogP contribution < -0.4 is 0 Å². The van der Waals surface area contributed by atoms with Gasteiger partial charge in [-0.2, -0.15) is 0 Å². The van der Waals surface area contributed by atoms with Gasteiger partial charge in [-0.05, 0) is 25.9 Å². The van der Waals surface area contributed by atoms with E-state index in [-0.39, 0.29) is 11.8 Å². The van der Waals surface area contributed by atoms with E-state index >= 15 is 0 Å². The van der Waals surface area contributed by atoms with Crippen LogP contribution in [0.25, 0.3) is 0 Å². The lowest BCUT2D eigenvalue weighted by atomic mass is 9.92. The fraction of sp³-hybridized carbons (Fsp3) is 0.917. The largest absolute Gasteiger partial charge is 0.341 e. The Bertz CT molecular complexity index is 228. The first-order valence-electron chi connectivity index (χ1n) is 5.88. The number of piperidine rings is 1. The molecule has 0 saturated carbocycles. The molecule has 0 aromatic rings. The Morgan fingerprint density at radius 2 is 2.07 bits per heavy atom. The van der Waals surface area contributed by atoms with E-state index in [2.05, 4.69) is 18.9 Å². The number of amides is 1. The molecule has 15 heavy (non-hydrogen) atoms. The molecule has 1 aliphatic heterocycles. The molecule has 1 aliphatic rings. The first kappa shape index (κ1) is 12.5. The molecule has 88 valence electrons. The zero-order chi connectivity index (χ0) is 11.6. The van der Waals surface area contributed by atoms with Crippen molar-refractivity contribution < 1.29 is 4.79 Å². The monoisotopic (exact) mass is 212 g/mol. The van der Waals surface area contributed by atoms with Crippen LogP contribution in [0.3, 0.4) is 0 Å². The summed E-state index contributed by atoms with van der Waals surface area (Å²) in [7, 11) is 4.08. The zero-order valence-electron chi connectivity index (χ0n) is 10.7. The highest BCUT2D eigenvalue weighted by Crippen LogP contribution is 2.21. The molecule has 1 amide bonds. The van der Waals surface area contributed by atoms with Crippen LogP contribution in [0, 0.1) is 11.8 Å². The van der Waals surface area contributed by atoms with Crippen LogP contribution in [0.2, 0.25) is 0 Å². The van der Waals surface area contributed by atoms with Crippen LogP contribution in [0.4, 0.5) is 0 Å². The van der Waals surface area contributed by atoms with E-state index in [0.29, 0.717) is 12.0 Å². The Morgan fingerprint density at radius 1 is 1.47 bits per heavy atom. The minimum absolute atomic E-state index is 0.106. The molecule has 1 saturated heterocycles. The summed E-state index contributed by atoms with van der Waals surface area (Å²) in [5.41, 5.74) is 0. The van der Waals surface area contributed by atoms with Gasteiger partial charge in [-0.3, -0.25) is 4.79 Å². The molecule has 0 radical (unpaired) electrons. The molecule has 3 nitrogen and oxygen atoms in total. The van der Waals surface area contributed by atoms with Crippen molar-refractivity contribution in [1.29, 1.82) is 0 Å². The number of rotatable bonds is 2. The molecule has 3 heteroatoms. The Hall–Kier alpha value is -0.570. The number of hydrogen-bond acceptors (Lipinski definition) is 2. The highest BCUT2D eigenvalue weighted by molar-refractivity contribution is 5.78. The average molecular weight is 212 g/mol. The molecule has 2 atom stereocenters. The van der Waals surface area contributed by atoms with Crippen LogP contribution in [0.5, 0.6) is 0 Å². The van der Waals surface area contributed by atoms with Gasteiger partial charge >= 0.3 is 0 Å².